The second-order valence-electron chi connectivity index (χ2n) is 8.06. The molecule has 0 saturated heterocycles. The number of fused-ring (bicyclic) bond motifs is 3. The Morgan fingerprint density at radius 3 is 2.69 bits per heavy atom. The van der Waals surface area contributed by atoms with Crippen molar-refractivity contribution in [2.75, 3.05) is 5.73 Å². The molecule has 4 aromatic rings. The summed E-state index contributed by atoms with van der Waals surface area (Å²) in [5, 5.41) is 1.64. The first kappa shape index (κ1) is 18.9. The number of rotatable bonds is 3. The maximum atomic E-state index is 12.6. The van der Waals surface area contributed by atoms with Gasteiger partial charge in [-0.1, -0.05) is 6.07 Å². The van der Waals surface area contributed by atoms with E-state index < -0.39 is 5.60 Å². The number of carbonyl (C=O) groups is 1. The Morgan fingerprint density at radius 2 is 2.00 bits per heavy atom. The summed E-state index contributed by atoms with van der Waals surface area (Å²) in [4.78, 5) is 25.4. The number of hydrogen-bond donors (Lipinski definition) is 1. The molecule has 3 aromatic heterocycles. The summed E-state index contributed by atoms with van der Waals surface area (Å²) in [6.07, 6.45) is 4.98. The highest BCUT2D eigenvalue weighted by Gasteiger charge is 2.22. The first-order valence-corrected chi connectivity index (χ1v) is 9.40. The van der Waals surface area contributed by atoms with E-state index in [1.165, 1.54) is 6.33 Å². The van der Waals surface area contributed by atoms with E-state index in [1.807, 2.05) is 56.7 Å². The fourth-order valence-electron chi connectivity index (χ4n) is 3.64. The van der Waals surface area contributed by atoms with Crippen LogP contribution in [0.1, 0.15) is 26.3 Å². The van der Waals surface area contributed by atoms with E-state index in [0.29, 0.717) is 11.5 Å². The summed E-state index contributed by atoms with van der Waals surface area (Å²) in [5.41, 5.74) is 10.2. The molecule has 0 aliphatic rings. The SMILES string of the molecule is Cc1cc(-c2cccnc2)cc2c3c(N)ncnc3n(CC(=O)OC(C)(C)C)c12. The minimum absolute atomic E-state index is 0.0425. The Balaban J connectivity index is 1.96. The van der Waals surface area contributed by atoms with E-state index in [9.17, 15) is 4.79 Å². The van der Waals surface area contributed by atoms with Crippen LogP contribution in [0, 0.1) is 6.92 Å². The quantitative estimate of drug-likeness (QED) is 0.534. The Labute approximate surface area is 168 Å². The molecule has 1 aromatic carbocycles. The van der Waals surface area contributed by atoms with Gasteiger partial charge >= 0.3 is 5.97 Å². The van der Waals surface area contributed by atoms with Crippen LogP contribution in [0.4, 0.5) is 5.82 Å². The number of benzene rings is 1. The predicted octanol–water partition coefficient (Wildman–Crippen LogP) is 3.88. The first-order chi connectivity index (χ1) is 13.7. The van der Waals surface area contributed by atoms with Crippen LogP contribution < -0.4 is 5.73 Å². The average Bonchev–Trinajstić information content (AvgIpc) is 2.96. The number of nitrogens with two attached hydrogens (primary N) is 1. The van der Waals surface area contributed by atoms with Gasteiger partial charge in [-0.2, -0.15) is 0 Å². The van der Waals surface area contributed by atoms with Gasteiger partial charge in [-0.15, -0.1) is 0 Å². The standard InChI is InChI=1S/C22H23N5O2/c1-13-8-15(14-6-5-7-24-10-14)9-16-18-20(23)25-12-26-21(18)27(19(13)16)11-17(28)29-22(2,3)4/h5-10,12H,11H2,1-4H3,(H2,23,25,26). The Morgan fingerprint density at radius 1 is 1.21 bits per heavy atom. The van der Waals surface area contributed by atoms with Crippen molar-refractivity contribution in [2.45, 2.75) is 39.8 Å². The van der Waals surface area contributed by atoms with Gasteiger partial charge < -0.3 is 15.0 Å². The number of pyridine rings is 1. The molecule has 0 spiro atoms. The lowest BCUT2D eigenvalue weighted by Crippen LogP contribution is -2.26. The highest BCUT2D eigenvalue weighted by Crippen LogP contribution is 2.36. The molecule has 7 heteroatoms. The number of nitrogens with zero attached hydrogens (tertiary/aromatic N) is 4. The molecular formula is C22H23N5O2. The number of ether oxygens (including phenoxy) is 1. The van der Waals surface area contributed by atoms with Gasteiger partial charge in [0.1, 0.15) is 29.9 Å². The lowest BCUT2D eigenvalue weighted by Gasteiger charge is -2.20. The molecule has 0 atom stereocenters. The highest BCUT2D eigenvalue weighted by molar-refractivity contribution is 6.13. The molecule has 0 aliphatic heterocycles. The summed E-state index contributed by atoms with van der Waals surface area (Å²) < 4.78 is 7.39. The molecular weight excluding hydrogens is 366 g/mol. The lowest BCUT2D eigenvalue weighted by molar-refractivity contribution is -0.155. The summed E-state index contributed by atoms with van der Waals surface area (Å²) in [5.74, 6) is 0.0508. The largest absolute Gasteiger partial charge is 0.459 e. The van der Waals surface area contributed by atoms with Crippen LogP contribution in [0.3, 0.4) is 0 Å². The predicted molar refractivity (Wildman–Crippen MR) is 113 cm³/mol. The van der Waals surface area contributed by atoms with Crippen LogP contribution in [0.15, 0.2) is 43.0 Å². The minimum Gasteiger partial charge on any atom is -0.459 e. The van der Waals surface area contributed by atoms with Gasteiger partial charge in [0.2, 0.25) is 0 Å². The molecule has 2 N–H and O–H groups in total. The third-order valence-electron chi connectivity index (χ3n) is 4.65. The maximum absolute atomic E-state index is 12.6. The second kappa shape index (κ2) is 6.84. The fraction of sp³-hybridized carbons (Fsp3) is 0.273. The normalized spacial score (nSPS) is 11.9. The van der Waals surface area contributed by atoms with E-state index in [2.05, 4.69) is 21.0 Å². The van der Waals surface area contributed by atoms with Gasteiger partial charge in [-0.3, -0.25) is 9.78 Å². The van der Waals surface area contributed by atoms with Gasteiger partial charge in [-0.25, -0.2) is 9.97 Å². The number of aromatic nitrogens is 4. The summed E-state index contributed by atoms with van der Waals surface area (Å²) >= 11 is 0. The molecule has 0 aliphatic carbocycles. The Bertz CT molecular complexity index is 1220. The molecule has 0 unspecified atom stereocenters. The molecule has 0 saturated carbocycles. The average molecular weight is 389 g/mol. The van der Waals surface area contributed by atoms with E-state index in [1.54, 1.807) is 6.20 Å². The van der Waals surface area contributed by atoms with E-state index >= 15 is 0 Å². The second-order valence-corrected chi connectivity index (χ2v) is 8.06. The molecule has 0 fully saturated rings. The van der Waals surface area contributed by atoms with Gasteiger partial charge in [0.25, 0.3) is 0 Å². The molecule has 148 valence electrons. The number of aryl methyl sites for hydroxylation is 1. The van der Waals surface area contributed by atoms with Crippen molar-refractivity contribution >= 4 is 33.7 Å². The van der Waals surface area contributed by atoms with Crippen molar-refractivity contribution in [3.63, 3.8) is 0 Å². The van der Waals surface area contributed by atoms with Crippen LogP contribution in [-0.4, -0.2) is 31.1 Å². The summed E-state index contributed by atoms with van der Waals surface area (Å²) in [6.45, 7) is 7.60. The number of anilines is 1. The van der Waals surface area contributed by atoms with Crippen molar-refractivity contribution in [2.24, 2.45) is 0 Å². The van der Waals surface area contributed by atoms with Crippen molar-refractivity contribution in [1.29, 1.82) is 0 Å². The van der Waals surface area contributed by atoms with Crippen molar-refractivity contribution in [3.05, 3.63) is 48.5 Å². The molecule has 29 heavy (non-hydrogen) atoms. The van der Waals surface area contributed by atoms with Gasteiger partial charge in [0, 0.05) is 23.3 Å². The van der Waals surface area contributed by atoms with Gasteiger partial charge in [0.05, 0.1) is 10.9 Å². The Kier molecular flexibility index (Phi) is 4.45. The van der Waals surface area contributed by atoms with Crippen LogP contribution in [0.5, 0.6) is 0 Å². The number of carbonyl (C=O) groups excluding carboxylic acids is 1. The molecule has 3 heterocycles. The van der Waals surface area contributed by atoms with Gasteiger partial charge in [-0.05, 0) is 57.0 Å². The molecule has 4 rings (SSSR count). The van der Waals surface area contributed by atoms with Crippen molar-refractivity contribution in [1.82, 2.24) is 19.5 Å². The van der Waals surface area contributed by atoms with E-state index in [-0.39, 0.29) is 12.5 Å². The topological polar surface area (TPSA) is 95.9 Å². The summed E-state index contributed by atoms with van der Waals surface area (Å²) in [7, 11) is 0. The zero-order valence-corrected chi connectivity index (χ0v) is 16.9. The zero-order chi connectivity index (χ0) is 20.8. The highest BCUT2D eigenvalue weighted by atomic mass is 16.6. The van der Waals surface area contributed by atoms with Crippen LogP contribution in [-0.2, 0) is 16.1 Å². The molecule has 0 amide bonds. The third-order valence-corrected chi connectivity index (χ3v) is 4.65. The number of nitrogen functional groups attached to an aromatic ring is 1. The Hall–Kier alpha value is -3.48. The van der Waals surface area contributed by atoms with Crippen LogP contribution in [0.2, 0.25) is 0 Å². The molecule has 7 nitrogen and oxygen atoms in total. The number of esters is 1. The van der Waals surface area contributed by atoms with Crippen molar-refractivity contribution < 1.29 is 9.53 Å². The third kappa shape index (κ3) is 3.51. The zero-order valence-electron chi connectivity index (χ0n) is 16.9. The monoisotopic (exact) mass is 389 g/mol. The first-order valence-electron chi connectivity index (χ1n) is 9.40. The number of hydrogen-bond acceptors (Lipinski definition) is 6. The molecule has 0 radical (unpaired) electrons. The lowest BCUT2D eigenvalue weighted by atomic mass is 10.0. The summed E-state index contributed by atoms with van der Waals surface area (Å²) in [6, 6.07) is 8.03. The van der Waals surface area contributed by atoms with Gasteiger partial charge in [0.15, 0.2) is 0 Å². The van der Waals surface area contributed by atoms with E-state index in [0.717, 1.165) is 33.0 Å². The minimum atomic E-state index is -0.563. The molecule has 0 bridgehead atoms. The smallest absolute Gasteiger partial charge is 0.326 e. The maximum Gasteiger partial charge on any atom is 0.326 e. The van der Waals surface area contributed by atoms with Crippen molar-refractivity contribution in [3.8, 4) is 11.1 Å². The van der Waals surface area contributed by atoms with Crippen LogP contribution in [0.25, 0.3) is 33.1 Å². The van der Waals surface area contributed by atoms with E-state index in [4.69, 9.17) is 10.5 Å². The fourth-order valence-corrected chi connectivity index (χ4v) is 3.64. The van der Waals surface area contributed by atoms with Crippen LogP contribution >= 0.6 is 0 Å².